The number of esters is 1. The average Bonchev–Trinajstić information content (AvgIpc) is 2.77. The lowest BCUT2D eigenvalue weighted by Crippen LogP contribution is -2.65. The summed E-state index contributed by atoms with van der Waals surface area (Å²) in [7, 11) is 0. The molecule has 0 aromatic heterocycles. The second-order valence-electron chi connectivity index (χ2n) is 8.36. The van der Waals surface area contributed by atoms with Crippen LogP contribution in [0.3, 0.4) is 0 Å². The van der Waals surface area contributed by atoms with Gasteiger partial charge in [0.1, 0.15) is 24.4 Å². The van der Waals surface area contributed by atoms with Gasteiger partial charge in [0.05, 0.1) is 6.61 Å². The number of aliphatic hydroxyl groups excluding tert-OH is 4. The van der Waals surface area contributed by atoms with Crippen molar-refractivity contribution in [2.45, 2.75) is 108 Å². The Balaban J connectivity index is 2.12. The summed E-state index contributed by atoms with van der Waals surface area (Å²) in [6, 6.07) is 0. The molecule has 0 amide bonds. The van der Waals surface area contributed by atoms with Crippen LogP contribution >= 0.6 is 0 Å². The fourth-order valence-electron chi connectivity index (χ4n) is 3.55. The Morgan fingerprint density at radius 1 is 0.906 bits per heavy atom. The molecule has 0 bridgehead atoms. The zero-order chi connectivity index (χ0) is 23.8. The van der Waals surface area contributed by atoms with E-state index in [1.54, 1.807) is 0 Å². The van der Waals surface area contributed by atoms with Gasteiger partial charge >= 0.3 is 5.97 Å². The fraction of sp³-hybridized carbons (Fsp3) is 0.720. The number of unbranched alkanes of at least 4 members (excludes halogenated alkanes) is 5. The van der Waals surface area contributed by atoms with E-state index in [9.17, 15) is 25.2 Å². The molecule has 7 heteroatoms. The van der Waals surface area contributed by atoms with Gasteiger partial charge in [-0.05, 0) is 38.5 Å². The van der Waals surface area contributed by atoms with Gasteiger partial charge in [0, 0.05) is 13.3 Å². The molecule has 0 radical (unpaired) electrons. The van der Waals surface area contributed by atoms with Crippen LogP contribution in [-0.2, 0) is 14.3 Å². The summed E-state index contributed by atoms with van der Waals surface area (Å²) in [4.78, 5) is 12.1. The molecule has 0 aromatic carbocycles. The Bertz CT molecular complexity index is 599. The predicted octanol–water partition coefficient (Wildman–Crippen LogP) is 3.31. The number of aliphatic hydroxyl groups is 4. The van der Waals surface area contributed by atoms with Crippen molar-refractivity contribution >= 4 is 5.97 Å². The molecule has 1 aliphatic rings. The summed E-state index contributed by atoms with van der Waals surface area (Å²) in [6.45, 7) is 2.88. The number of carbonyl (C=O) groups excluding carboxylic acids is 1. The molecular formula is C25H42O7. The summed E-state index contributed by atoms with van der Waals surface area (Å²) >= 11 is 0. The lowest BCUT2D eigenvalue weighted by Gasteiger charge is -2.45. The third-order valence-corrected chi connectivity index (χ3v) is 5.51. The highest BCUT2D eigenvalue weighted by molar-refractivity contribution is 5.69. The zero-order valence-corrected chi connectivity index (χ0v) is 19.6. The summed E-state index contributed by atoms with van der Waals surface area (Å²) in [5.41, 5.74) is 0. The van der Waals surface area contributed by atoms with Crippen LogP contribution in [0.15, 0.2) is 36.5 Å². The molecule has 4 N–H and O–H groups in total. The van der Waals surface area contributed by atoms with Crippen LogP contribution in [0.4, 0.5) is 0 Å². The normalized spacial score (nSPS) is 28.8. The van der Waals surface area contributed by atoms with Crippen LogP contribution in [0.5, 0.6) is 0 Å². The van der Waals surface area contributed by atoms with Crippen LogP contribution in [0.2, 0.25) is 0 Å². The van der Waals surface area contributed by atoms with Crippen molar-refractivity contribution in [3.05, 3.63) is 36.5 Å². The van der Waals surface area contributed by atoms with Crippen LogP contribution < -0.4 is 0 Å². The first-order chi connectivity index (χ1) is 15.4. The van der Waals surface area contributed by atoms with Crippen molar-refractivity contribution in [3.63, 3.8) is 0 Å². The molecule has 0 aromatic rings. The van der Waals surface area contributed by atoms with Crippen molar-refractivity contribution in [2.75, 3.05) is 6.61 Å². The second kappa shape index (κ2) is 16.2. The van der Waals surface area contributed by atoms with Gasteiger partial charge in [-0.1, -0.05) is 62.6 Å². The van der Waals surface area contributed by atoms with E-state index in [-0.39, 0.29) is 6.42 Å². The predicted molar refractivity (Wildman–Crippen MR) is 124 cm³/mol. The van der Waals surface area contributed by atoms with E-state index >= 15 is 0 Å². The largest absolute Gasteiger partial charge is 0.430 e. The van der Waals surface area contributed by atoms with Gasteiger partial charge in [0.25, 0.3) is 0 Å². The third-order valence-electron chi connectivity index (χ3n) is 5.51. The number of hydrogen-bond acceptors (Lipinski definition) is 7. The van der Waals surface area contributed by atoms with Crippen LogP contribution in [0, 0.1) is 0 Å². The zero-order valence-electron chi connectivity index (χ0n) is 19.6. The molecule has 1 fully saturated rings. The van der Waals surface area contributed by atoms with Crippen molar-refractivity contribution in [1.29, 1.82) is 0 Å². The SMILES string of the molecule is CCC=CCC=CCC=CCCCCCCCC(=O)O[C@@]1(C)O[C@H](CO)[C@@H](O)[C@H](O)[C@H]1O. The summed E-state index contributed by atoms with van der Waals surface area (Å²) < 4.78 is 10.6. The molecule has 0 saturated carbocycles. The van der Waals surface area contributed by atoms with Gasteiger partial charge in [0.2, 0.25) is 5.79 Å². The lowest BCUT2D eigenvalue weighted by atomic mass is 9.93. The highest BCUT2D eigenvalue weighted by atomic mass is 16.7. The lowest BCUT2D eigenvalue weighted by molar-refractivity contribution is -0.344. The molecule has 32 heavy (non-hydrogen) atoms. The van der Waals surface area contributed by atoms with E-state index in [2.05, 4.69) is 43.4 Å². The molecule has 5 atom stereocenters. The molecule has 1 saturated heterocycles. The molecule has 1 aliphatic heterocycles. The molecule has 184 valence electrons. The highest BCUT2D eigenvalue weighted by Gasteiger charge is 2.53. The van der Waals surface area contributed by atoms with E-state index < -0.39 is 42.8 Å². The minimum absolute atomic E-state index is 0.174. The maximum Gasteiger partial charge on any atom is 0.308 e. The van der Waals surface area contributed by atoms with Crippen LogP contribution in [0.1, 0.15) is 78.1 Å². The summed E-state index contributed by atoms with van der Waals surface area (Å²) in [6.07, 6.45) is 16.4. The average molecular weight is 455 g/mol. The fourth-order valence-corrected chi connectivity index (χ4v) is 3.55. The summed E-state index contributed by atoms with van der Waals surface area (Å²) in [5.74, 6) is -2.36. The first-order valence-corrected chi connectivity index (χ1v) is 11.9. The standard InChI is InChI=1S/C25H42O7/c1-3-4-5-6-7-8-9-10-11-12-13-14-15-16-17-18-21(27)32-25(2)24(30)23(29)22(28)20(19-26)31-25/h4-5,7-8,10-11,20,22-24,26,28-30H,3,6,9,12-19H2,1-2H3/t20-,22-,23+,24-,25-/m1/s1. The molecular weight excluding hydrogens is 412 g/mol. The van der Waals surface area contributed by atoms with Crippen molar-refractivity contribution in [3.8, 4) is 0 Å². The van der Waals surface area contributed by atoms with E-state index in [0.29, 0.717) is 6.42 Å². The first kappa shape index (κ1) is 28.5. The van der Waals surface area contributed by atoms with E-state index in [1.807, 2.05) is 0 Å². The van der Waals surface area contributed by atoms with E-state index in [1.165, 1.54) is 6.92 Å². The Hall–Kier alpha value is -1.51. The van der Waals surface area contributed by atoms with Crippen molar-refractivity contribution < 1.29 is 34.7 Å². The van der Waals surface area contributed by atoms with Gasteiger partial charge < -0.3 is 29.9 Å². The maximum atomic E-state index is 12.1. The van der Waals surface area contributed by atoms with Gasteiger partial charge in [0.15, 0.2) is 0 Å². The quantitative estimate of drug-likeness (QED) is 0.170. The number of rotatable bonds is 15. The molecule has 0 unspecified atom stereocenters. The molecule has 1 heterocycles. The number of allylic oxidation sites excluding steroid dienone is 6. The number of ether oxygens (including phenoxy) is 2. The smallest absolute Gasteiger partial charge is 0.308 e. The van der Waals surface area contributed by atoms with Crippen molar-refractivity contribution in [2.24, 2.45) is 0 Å². The molecule has 0 spiro atoms. The Morgan fingerprint density at radius 2 is 1.50 bits per heavy atom. The van der Waals surface area contributed by atoms with E-state index in [4.69, 9.17) is 9.47 Å². The van der Waals surface area contributed by atoms with E-state index in [0.717, 1.165) is 51.4 Å². The van der Waals surface area contributed by atoms with Crippen molar-refractivity contribution in [1.82, 2.24) is 0 Å². The van der Waals surface area contributed by atoms with Gasteiger partial charge in [-0.2, -0.15) is 0 Å². The summed E-state index contributed by atoms with van der Waals surface area (Å²) in [5, 5.41) is 39.1. The Kier molecular flexibility index (Phi) is 14.4. The second-order valence-corrected chi connectivity index (χ2v) is 8.36. The third kappa shape index (κ3) is 10.4. The van der Waals surface area contributed by atoms with Crippen LogP contribution in [0.25, 0.3) is 0 Å². The topological polar surface area (TPSA) is 116 Å². The number of carbonyl (C=O) groups is 1. The van der Waals surface area contributed by atoms with Crippen LogP contribution in [-0.4, -0.2) is 63.2 Å². The highest BCUT2D eigenvalue weighted by Crippen LogP contribution is 2.31. The van der Waals surface area contributed by atoms with Gasteiger partial charge in [-0.15, -0.1) is 0 Å². The minimum atomic E-state index is -1.81. The maximum absolute atomic E-state index is 12.1. The molecule has 7 nitrogen and oxygen atoms in total. The minimum Gasteiger partial charge on any atom is -0.430 e. The van der Waals surface area contributed by atoms with Gasteiger partial charge in [-0.25, -0.2) is 0 Å². The number of hydrogen-bond donors (Lipinski definition) is 4. The Labute approximate surface area is 192 Å². The molecule has 0 aliphatic carbocycles. The molecule has 1 rings (SSSR count). The monoisotopic (exact) mass is 454 g/mol. The first-order valence-electron chi connectivity index (χ1n) is 11.9. The van der Waals surface area contributed by atoms with Gasteiger partial charge in [-0.3, -0.25) is 4.79 Å². The Morgan fingerprint density at radius 3 is 2.16 bits per heavy atom.